The lowest BCUT2D eigenvalue weighted by molar-refractivity contribution is 0.101. The molecule has 0 saturated heterocycles. The lowest BCUT2D eigenvalue weighted by atomic mass is 10.1. The predicted molar refractivity (Wildman–Crippen MR) is 58.1 cm³/mol. The van der Waals surface area contributed by atoms with Crippen LogP contribution in [0.15, 0.2) is 23.3 Å². The van der Waals surface area contributed by atoms with E-state index in [0.29, 0.717) is 6.07 Å². The van der Waals surface area contributed by atoms with E-state index in [1.54, 1.807) is 7.05 Å². The van der Waals surface area contributed by atoms with Crippen molar-refractivity contribution in [2.45, 2.75) is 6.92 Å². The van der Waals surface area contributed by atoms with Gasteiger partial charge < -0.3 is 11.2 Å². The first-order chi connectivity index (χ1) is 7.52. The smallest absolute Gasteiger partial charge is 0.162 e. The van der Waals surface area contributed by atoms with Crippen molar-refractivity contribution in [1.29, 1.82) is 0 Å². The Balaban J connectivity index is 0.000000385. The highest BCUT2D eigenvalue weighted by molar-refractivity contribution is 5.94. The lowest BCUT2D eigenvalue weighted by Gasteiger charge is -1.96. The minimum absolute atomic E-state index is 0.0774. The maximum atomic E-state index is 12.6. The van der Waals surface area contributed by atoms with Crippen LogP contribution in [0.3, 0.4) is 0 Å². The van der Waals surface area contributed by atoms with Crippen molar-refractivity contribution in [2.24, 2.45) is 10.8 Å². The molecule has 1 aromatic carbocycles. The van der Waals surface area contributed by atoms with Gasteiger partial charge in [0.1, 0.15) is 18.0 Å². The van der Waals surface area contributed by atoms with Gasteiger partial charge in [-0.1, -0.05) is 0 Å². The van der Waals surface area contributed by atoms with Gasteiger partial charge in [0, 0.05) is 13.1 Å². The molecular weight excluding hydrogens is 216 g/mol. The van der Waals surface area contributed by atoms with Gasteiger partial charge in [-0.2, -0.15) is 5.10 Å². The third-order valence-corrected chi connectivity index (χ3v) is 1.51. The molecule has 0 radical (unpaired) electrons. The number of hydrogen-bond donors (Lipinski definition) is 2. The van der Waals surface area contributed by atoms with E-state index in [2.05, 4.69) is 10.5 Å². The van der Waals surface area contributed by atoms with Gasteiger partial charge in [0.2, 0.25) is 0 Å². The molecule has 0 fully saturated rings. The van der Waals surface area contributed by atoms with Crippen LogP contribution in [0.25, 0.3) is 0 Å². The zero-order valence-corrected chi connectivity index (χ0v) is 9.00. The molecule has 0 bridgehead atoms. The second kappa shape index (κ2) is 7.33. The molecule has 0 amide bonds. The minimum atomic E-state index is -0.808. The monoisotopic (exact) mass is 229 g/mol. The number of Topliss-reactive ketones (excluding diaryl/α,β-unsaturated/α-hetero) is 1. The first-order valence-electron chi connectivity index (χ1n) is 4.39. The van der Waals surface area contributed by atoms with Crippen molar-refractivity contribution in [3.8, 4) is 0 Å². The summed E-state index contributed by atoms with van der Waals surface area (Å²) in [4.78, 5) is 10.6. The summed E-state index contributed by atoms with van der Waals surface area (Å²) in [5.41, 5.74) is 7.17. The van der Waals surface area contributed by atoms with Gasteiger partial charge in [-0.3, -0.25) is 4.79 Å². The van der Waals surface area contributed by atoms with Gasteiger partial charge in [-0.15, -0.1) is 0 Å². The molecule has 0 aliphatic rings. The van der Waals surface area contributed by atoms with E-state index in [0.717, 1.165) is 12.1 Å². The molecule has 3 N–H and O–H groups in total. The van der Waals surface area contributed by atoms with Crippen LogP contribution in [0.4, 0.5) is 8.78 Å². The topological polar surface area (TPSA) is 67.5 Å². The van der Waals surface area contributed by atoms with E-state index in [4.69, 9.17) is 5.73 Å². The summed E-state index contributed by atoms with van der Waals surface area (Å²) in [6.07, 6.45) is 1.19. The molecule has 6 heteroatoms. The molecule has 1 aromatic rings. The Kier molecular flexibility index (Phi) is 6.42. The highest BCUT2D eigenvalue weighted by Gasteiger charge is 2.06. The average Bonchev–Trinajstić information content (AvgIpc) is 2.19. The second-order valence-electron chi connectivity index (χ2n) is 2.68. The van der Waals surface area contributed by atoms with E-state index in [9.17, 15) is 13.6 Å². The van der Waals surface area contributed by atoms with Crippen LogP contribution >= 0.6 is 0 Å². The maximum Gasteiger partial charge on any atom is 0.162 e. The van der Waals surface area contributed by atoms with Gasteiger partial charge in [0.05, 0.1) is 5.56 Å². The number of rotatable bonds is 2. The van der Waals surface area contributed by atoms with Gasteiger partial charge in [0.15, 0.2) is 5.78 Å². The number of nitrogens with zero attached hydrogens (tertiary/aromatic N) is 1. The largest absolute Gasteiger partial charge is 0.388 e. The molecule has 88 valence electrons. The number of hydrazone groups is 1. The fraction of sp³-hybridized carbons (Fsp3) is 0.200. The minimum Gasteiger partial charge on any atom is -0.388 e. The van der Waals surface area contributed by atoms with Crippen LogP contribution in [0, 0.1) is 11.6 Å². The summed E-state index contributed by atoms with van der Waals surface area (Å²) >= 11 is 0. The van der Waals surface area contributed by atoms with Crippen molar-refractivity contribution in [3.05, 3.63) is 35.4 Å². The summed E-state index contributed by atoms with van der Waals surface area (Å²) in [6.45, 7) is 1.23. The van der Waals surface area contributed by atoms with Crippen molar-refractivity contribution < 1.29 is 13.6 Å². The van der Waals surface area contributed by atoms with Gasteiger partial charge in [0.25, 0.3) is 0 Å². The molecule has 1 rings (SSSR count). The Labute approximate surface area is 92.1 Å². The number of halogens is 2. The first-order valence-corrected chi connectivity index (χ1v) is 4.39. The summed E-state index contributed by atoms with van der Waals surface area (Å²) in [6, 6.07) is 2.88. The van der Waals surface area contributed by atoms with Crippen LogP contribution in [-0.4, -0.2) is 19.2 Å². The van der Waals surface area contributed by atoms with Crippen molar-refractivity contribution >= 4 is 12.1 Å². The zero-order valence-electron chi connectivity index (χ0n) is 9.00. The number of carbonyl (C=O) groups is 1. The average molecular weight is 229 g/mol. The van der Waals surface area contributed by atoms with E-state index in [-0.39, 0.29) is 5.56 Å². The summed E-state index contributed by atoms with van der Waals surface area (Å²) in [5, 5.41) is 3.38. The first kappa shape index (κ1) is 14.0. The normalized spacial score (nSPS) is 9.50. The third kappa shape index (κ3) is 5.04. The van der Waals surface area contributed by atoms with Crippen LogP contribution in [0.1, 0.15) is 17.3 Å². The highest BCUT2D eigenvalue weighted by Crippen LogP contribution is 2.09. The maximum absolute atomic E-state index is 12.6. The molecule has 0 heterocycles. The lowest BCUT2D eigenvalue weighted by Crippen LogP contribution is -1.98. The number of nitrogens with one attached hydrogen (secondary N) is 1. The molecule has 0 aliphatic carbocycles. The van der Waals surface area contributed by atoms with Gasteiger partial charge in [-0.25, -0.2) is 8.78 Å². The number of benzene rings is 1. The molecule has 16 heavy (non-hydrogen) atoms. The van der Waals surface area contributed by atoms with E-state index in [1.165, 1.54) is 13.3 Å². The second-order valence-corrected chi connectivity index (χ2v) is 2.68. The van der Waals surface area contributed by atoms with Crippen LogP contribution in [-0.2, 0) is 0 Å². The Morgan fingerprint density at radius 3 is 2.44 bits per heavy atom. The van der Waals surface area contributed by atoms with Crippen LogP contribution in [0.2, 0.25) is 0 Å². The Morgan fingerprint density at radius 2 is 2.12 bits per heavy atom. The van der Waals surface area contributed by atoms with Crippen molar-refractivity contribution in [1.82, 2.24) is 5.43 Å². The SMILES string of the molecule is CC(=O)c1ccc(F)cc1F.CN/N=C\N. The Bertz CT molecular complexity index is 380. The number of ketones is 1. The van der Waals surface area contributed by atoms with Crippen LogP contribution in [0.5, 0.6) is 0 Å². The number of carbonyl (C=O) groups excluding carboxylic acids is 1. The van der Waals surface area contributed by atoms with Crippen molar-refractivity contribution in [3.63, 3.8) is 0 Å². The zero-order chi connectivity index (χ0) is 12.6. The quantitative estimate of drug-likeness (QED) is 0.347. The molecule has 0 unspecified atom stereocenters. The molecule has 4 nitrogen and oxygen atoms in total. The molecular formula is C10H13F2N3O. The van der Waals surface area contributed by atoms with Crippen molar-refractivity contribution in [2.75, 3.05) is 7.05 Å². The predicted octanol–water partition coefficient (Wildman–Crippen LogP) is 1.28. The Morgan fingerprint density at radius 1 is 1.50 bits per heavy atom. The van der Waals surface area contributed by atoms with E-state index < -0.39 is 17.4 Å². The van der Waals surface area contributed by atoms with E-state index >= 15 is 0 Å². The molecule has 0 spiro atoms. The molecule has 0 aromatic heterocycles. The summed E-state index contributed by atoms with van der Waals surface area (Å²) < 4.78 is 24.9. The third-order valence-electron chi connectivity index (χ3n) is 1.51. The van der Waals surface area contributed by atoms with Gasteiger partial charge in [-0.05, 0) is 19.1 Å². The number of hydrogen-bond acceptors (Lipinski definition) is 3. The van der Waals surface area contributed by atoms with Gasteiger partial charge >= 0.3 is 0 Å². The Hall–Kier alpha value is -1.98. The fourth-order valence-corrected chi connectivity index (χ4v) is 0.850. The highest BCUT2D eigenvalue weighted by atomic mass is 19.1. The molecule has 0 aliphatic heterocycles. The van der Waals surface area contributed by atoms with Crippen LogP contribution < -0.4 is 11.2 Å². The van der Waals surface area contributed by atoms with E-state index in [1.807, 2.05) is 0 Å². The molecule has 0 atom stereocenters. The molecule has 0 saturated carbocycles. The summed E-state index contributed by atoms with van der Waals surface area (Å²) in [7, 11) is 1.68. The standard InChI is InChI=1S/C8H6F2O.C2H7N3/c1-5(11)7-3-2-6(9)4-8(7)10;1-4-5-2-3/h2-4H,1H3;2,4H,1H3,(H2,3,5). The summed E-state index contributed by atoms with van der Waals surface area (Å²) in [5.74, 6) is -1.88. The fourth-order valence-electron chi connectivity index (χ4n) is 0.850. The number of nitrogens with two attached hydrogens (primary N) is 1.